The molecule has 1 aromatic rings. The minimum absolute atomic E-state index is 0.0449. The van der Waals surface area contributed by atoms with Crippen LogP contribution < -0.4 is 10.6 Å². The first-order valence-corrected chi connectivity index (χ1v) is 6.32. The van der Waals surface area contributed by atoms with Gasteiger partial charge in [0.15, 0.2) is 0 Å². The third-order valence-corrected chi connectivity index (χ3v) is 3.32. The molecule has 2 unspecified atom stereocenters. The Morgan fingerprint density at radius 1 is 1.63 bits per heavy atom. The highest BCUT2D eigenvalue weighted by Crippen LogP contribution is 2.26. The van der Waals surface area contributed by atoms with Crippen LogP contribution in [0.1, 0.15) is 20.3 Å². The van der Waals surface area contributed by atoms with Gasteiger partial charge >= 0.3 is 5.69 Å². The van der Waals surface area contributed by atoms with E-state index in [1.165, 1.54) is 6.07 Å². The van der Waals surface area contributed by atoms with Gasteiger partial charge in [-0.2, -0.15) is 0 Å². The molecule has 19 heavy (non-hydrogen) atoms. The molecule has 0 aromatic carbocycles. The number of nitrogens with zero attached hydrogens (tertiary/aromatic N) is 3. The molecule has 0 bridgehead atoms. The summed E-state index contributed by atoms with van der Waals surface area (Å²) in [7, 11) is 0. The van der Waals surface area contributed by atoms with Gasteiger partial charge in [0.1, 0.15) is 5.82 Å². The van der Waals surface area contributed by atoms with Crippen LogP contribution in [0.25, 0.3) is 0 Å². The van der Waals surface area contributed by atoms with Crippen LogP contribution in [0.5, 0.6) is 0 Å². The fraction of sp³-hybridized carbons (Fsp3) is 0.583. The first kappa shape index (κ1) is 13.5. The molecule has 1 fully saturated rings. The zero-order valence-electron chi connectivity index (χ0n) is 11.1. The normalized spacial score (nSPS) is 23.4. The summed E-state index contributed by atoms with van der Waals surface area (Å²) in [5, 5.41) is 10.7. The molecule has 104 valence electrons. The molecular weight excluding hydrogens is 248 g/mol. The van der Waals surface area contributed by atoms with Crippen molar-refractivity contribution in [1.82, 2.24) is 4.98 Å². The van der Waals surface area contributed by atoms with E-state index >= 15 is 0 Å². The lowest BCUT2D eigenvalue weighted by Gasteiger charge is -2.39. The second-order valence-electron chi connectivity index (χ2n) is 4.69. The number of morpholine rings is 1. The summed E-state index contributed by atoms with van der Waals surface area (Å²) >= 11 is 0. The highest BCUT2D eigenvalue weighted by molar-refractivity contribution is 5.58. The third-order valence-electron chi connectivity index (χ3n) is 3.32. The SMILES string of the molecule is CCC1COC(C)CN1c1ccc([N+](=O)[O-])c(N)n1. The van der Waals surface area contributed by atoms with Crippen molar-refractivity contribution in [3.05, 3.63) is 22.2 Å². The van der Waals surface area contributed by atoms with E-state index in [1.807, 2.05) is 6.92 Å². The molecule has 0 spiro atoms. The third kappa shape index (κ3) is 2.76. The monoisotopic (exact) mass is 266 g/mol. The molecule has 2 N–H and O–H groups in total. The number of ether oxygens (including phenoxy) is 1. The van der Waals surface area contributed by atoms with Gasteiger partial charge in [0, 0.05) is 12.6 Å². The van der Waals surface area contributed by atoms with E-state index in [2.05, 4.69) is 16.8 Å². The van der Waals surface area contributed by atoms with Crippen molar-refractivity contribution in [1.29, 1.82) is 0 Å². The topological polar surface area (TPSA) is 94.5 Å². The summed E-state index contributed by atoms with van der Waals surface area (Å²) in [6.07, 6.45) is 1.03. The molecule has 2 rings (SSSR count). The molecule has 0 radical (unpaired) electrons. The van der Waals surface area contributed by atoms with Crippen molar-refractivity contribution in [2.24, 2.45) is 0 Å². The van der Waals surface area contributed by atoms with E-state index in [9.17, 15) is 10.1 Å². The quantitative estimate of drug-likeness (QED) is 0.659. The molecule has 0 saturated carbocycles. The Morgan fingerprint density at radius 2 is 2.37 bits per heavy atom. The van der Waals surface area contributed by atoms with E-state index in [1.54, 1.807) is 6.07 Å². The van der Waals surface area contributed by atoms with Gasteiger partial charge in [-0.3, -0.25) is 10.1 Å². The van der Waals surface area contributed by atoms with Crippen LogP contribution in [0.3, 0.4) is 0 Å². The van der Waals surface area contributed by atoms with Crippen LogP contribution in [0, 0.1) is 10.1 Å². The van der Waals surface area contributed by atoms with Crippen molar-refractivity contribution < 1.29 is 9.66 Å². The van der Waals surface area contributed by atoms with Gasteiger partial charge in [-0.05, 0) is 19.4 Å². The first-order chi connectivity index (χ1) is 9.02. The predicted molar refractivity (Wildman–Crippen MR) is 72.1 cm³/mol. The van der Waals surface area contributed by atoms with Gasteiger partial charge < -0.3 is 15.4 Å². The number of hydrogen-bond acceptors (Lipinski definition) is 6. The van der Waals surface area contributed by atoms with Gasteiger partial charge in [0.2, 0.25) is 5.82 Å². The maximum Gasteiger partial charge on any atom is 0.311 e. The Kier molecular flexibility index (Phi) is 3.84. The van der Waals surface area contributed by atoms with E-state index in [0.717, 1.165) is 6.42 Å². The lowest BCUT2D eigenvalue weighted by molar-refractivity contribution is -0.384. The highest BCUT2D eigenvalue weighted by Gasteiger charge is 2.27. The second-order valence-corrected chi connectivity index (χ2v) is 4.69. The lowest BCUT2D eigenvalue weighted by Crippen LogP contribution is -2.49. The number of aromatic nitrogens is 1. The van der Waals surface area contributed by atoms with Crippen LogP contribution in [0.2, 0.25) is 0 Å². The number of anilines is 2. The first-order valence-electron chi connectivity index (χ1n) is 6.32. The number of nitrogens with two attached hydrogens (primary N) is 1. The number of rotatable bonds is 3. The molecule has 1 saturated heterocycles. The van der Waals surface area contributed by atoms with E-state index in [-0.39, 0.29) is 23.7 Å². The summed E-state index contributed by atoms with van der Waals surface area (Å²) in [5.74, 6) is 0.626. The minimum Gasteiger partial charge on any atom is -0.378 e. The van der Waals surface area contributed by atoms with Crippen LogP contribution in [-0.4, -0.2) is 35.2 Å². The second kappa shape index (κ2) is 5.40. The van der Waals surface area contributed by atoms with E-state index in [4.69, 9.17) is 10.5 Å². The van der Waals surface area contributed by atoms with Gasteiger partial charge in [0.05, 0.1) is 23.7 Å². The maximum absolute atomic E-state index is 10.7. The maximum atomic E-state index is 10.7. The molecule has 7 heteroatoms. The van der Waals surface area contributed by atoms with Gasteiger partial charge in [-0.1, -0.05) is 6.92 Å². The predicted octanol–water partition coefficient (Wildman–Crippen LogP) is 1.58. The summed E-state index contributed by atoms with van der Waals surface area (Å²) < 4.78 is 5.62. The van der Waals surface area contributed by atoms with Gasteiger partial charge in [-0.15, -0.1) is 0 Å². The zero-order chi connectivity index (χ0) is 14.0. The van der Waals surface area contributed by atoms with Crippen molar-refractivity contribution in [2.45, 2.75) is 32.4 Å². The minimum atomic E-state index is -0.522. The standard InChI is InChI=1S/C12H18N4O3/c1-3-9-7-19-8(2)6-15(9)11-5-4-10(16(17)18)12(13)14-11/h4-5,8-9H,3,6-7H2,1-2H3,(H2,13,14). The smallest absolute Gasteiger partial charge is 0.311 e. The molecule has 2 heterocycles. The Morgan fingerprint density at radius 3 is 2.95 bits per heavy atom. The van der Waals surface area contributed by atoms with Crippen LogP contribution in [0.4, 0.5) is 17.3 Å². The summed E-state index contributed by atoms with van der Waals surface area (Å²) in [4.78, 5) is 16.5. The summed E-state index contributed by atoms with van der Waals surface area (Å²) in [5.41, 5.74) is 5.49. The van der Waals surface area contributed by atoms with Gasteiger partial charge in [-0.25, -0.2) is 4.98 Å². The van der Waals surface area contributed by atoms with Crippen LogP contribution in [0.15, 0.2) is 12.1 Å². The van der Waals surface area contributed by atoms with Crippen LogP contribution in [-0.2, 0) is 4.74 Å². The molecule has 0 aliphatic carbocycles. The van der Waals surface area contributed by atoms with Crippen molar-refractivity contribution in [3.8, 4) is 0 Å². The molecule has 1 aliphatic heterocycles. The molecule has 0 amide bonds. The largest absolute Gasteiger partial charge is 0.378 e. The molecule has 2 atom stereocenters. The molecular formula is C12H18N4O3. The number of nitrogen functional groups attached to an aromatic ring is 1. The van der Waals surface area contributed by atoms with Crippen molar-refractivity contribution in [3.63, 3.8) is 0 Å². The van der Waals surface area contributed by atoms with Crippen molar-refractivity contribution in [2.75, 3.05) is 23.8 Å². The lowest BCUT2D eigenvalue weighted by atomic mass is 10.1. The average molecular weight is 266 g/mol. The summed E-state index contributed by atoms with van der Waals surface area (Å²) in [6.45, 7) is 5.42. The fourth-order valence-corrected chi connectivity index (χ4v) is 2.23. The number of pyridine rings is 1. The van der Waals surface area contributed by atoms with Gasteiger partial charge in [0.25, 0.3) is 0 Å². The fourth-order valence-electron chi connectivity index (χ4n) is 2.23. The van der Waals surface area contributed by atoms with Crippen LogP contribution >= 0.6 is 0 Å². The van der Waals surface area contributed by atoms with E-state index < -0.39 is 4.92 Å². The van der Waals surface area contributed by atoms with Crippen molar-refractivity contribution >= 4 is 17.3 Å². The average Bonchev–Trinajstić information content (AvgIpc) is 2.38. The Balaban J connectivity index is 2.29. The Bertz CT molecular complexity index is 480. The molecule has 1 aromatic heterocycles. The number of hydrogen-bond donors (Lipinski definition) is 1. The number of nitro groups is 1. The molecule has 7 nitrogen and oxygen atoms in total. The molecule has 1 aliphatic rings. The highest BCUT2D eigenvalue weighted by atomic mass is 16.6. The zero-order valence-corrected chi connectivity index (χ0v) is 11.1. The Hall–Kier alpha value is -1.89. The summed E-state index contributed by atoms with van der Waals surface area (Å²) in [6, 6.07) is 3.28. The Labute approximate surface area is 111 Å². The van der Waals surface area contributed by atoms with E-state index in [0.29, 0.717) is 19.0 Å².